The Morgan fingerprint density at radius 2 is 2.14 bits per heavy atom. The summed E-state index contributed by atoms with van der Waals surface area (Å²) in [7, 11) is 0. The van der Waals surface area contributed by atoms with Gasteiger partial charge in [-0.2, -0.15) is 0 Å². The van der Waals surface area contributed by atoms with E-state index in [9.17, 15) is 14.0 Å². The number of rotatable bonds is 8. The second-order valence-corrected chi connectivity index (χ2v) is 4.83. The number of ether oxygens (including phenoxy) is 1. The highest BCUT2D eigenvalue weighted by Crippen LogP contribution is 2.14. The molecule has 0 aliphatic carbocycles. The maximum atomic E-state index is 13.0. The number of benzene rings is 1. The largest absolute Gasteiger partial charge is 0.481 e. The summed E-state index contributed by atoms with van der Waals surface area (Å²) in [5, 5.41) is 11.4. The molecule has 2 atom stereocenters. The fraction of sp³-hybridized carbons (Fsp3) is 0.467. The van der Waals surface area contributed by atoms with Gasteiger partial charge < -0.3 is 15.2 Å². The number of carbonyl (C=O) groups is 2. The number of carboxylic acids is 1. The predicted molar refractivity (Wildman–Crippen MR) is 75.5 cm³/mol. The van der Waals surface area contributed by atoms with E-state index in [1.54, 1.807) is 13.0 Å². The zero-order valence-corrected chi connectivity index (χ0v) is 12.1. The van der Waals surface area contributed by atoms with Crippen LogP contribution in [0.4, 0.5) is 4.39 Å². The van der Waals surface area contributed by atoms with Crippen LogP contribution in [0.3, 0.4) is 0 Å². The molecule has 0 bridgehead atoms. The third-order valence-electron chi connectivity index (χ3n) is 3.08. The maximum Gasteiger partial charge on any atom is 0.303 e. The van der Waals surface area contributed by atoms with E-state index in [4.69, 9.17) is 9.84 Å². The summed E-state index contributed by atoms with van der Waals surface area (Å²) in [6.07, 6.45) is -0.115. The van der Waals surface area contributed by atoms with Crippen molar-refractivity contribution < 1.29 is 23.8 Å². The summed E-state index contributed by atoms with van der Waals surface area (Å²) in [6, 6.07) is 5.54. The van der Waals surface area contributed by atoms with Crippen LogP contribution in [-0.4, -0.2) is 29.6 Å². The van der Waals surface area contributed by atoms with E-state index >= 15 is 0 Å². The van der Waals surface area contributed by atoms with Gasteiger partial charge >= 0.3 is 5.97 Å². The summed E-state index contributed by atoms with van der Waals surface area (Å²) in [5.74, 6) is -1.53. The molecule has 0 aliphatic heterocycles. The van der Waals surface area contributed by atoms with Gasteiger partial charge in [0.2, 0.25) is 0 Å². The number of hydrogen-bond donors (Lipinski definition) is 2. The van der Waals surface area contributed by atoms with E-state index in [1.807, 2.05) is 6.92 Å². The van der Waals surface area contributed by atoms with Gasteiger partial charge in [-0.1, -0.05) is 19.4 Å². The topological polar surface area (TPSA) is 75.6 Å². The van der Waals surface area contributed by atoms with E-state index < -0.39 is 17.9 Å². The van der Waals surface area contributed by atoms with Crippen LogP contribution >= 0.6 is 0 Å². The Labute approximate surface area is 123 Å². The van der Waals surface area contributed by atoms with E-state index in [2.05, 4.69) is 5.32 Å². The van der Waals surface area contributed by atoms with Crippen molar-refractivity contribution in [3.8, 4) is 5.75 Å². The first-order valence-corrected chi connectivity index (χ1v) is 6.84. The van der Waals surface area contributed by atoms with Gasteiger partial charge in [-0.05, 0) is 25.0 Å². The van der Waals surface area contributed by atoms with Gasteiger partial charge in [-0.3, -0.25) is 9.59 Å². The average molecular weight is 297 g/mol. The van der Waals surface area contributed by atoms with Crippen LogP contribution in [0.15, 0.2) is 24.3 Å². The van der Waals surface area contributed by atoms with Crippen molar-refractivity contribution in [2.24, 2.45) is 5.92 Å². The van der Waals surface area contributed by atoms with Gasteiger partial charge in [0.25, 0.3) is 5.91 Å². The molecular weight excluding hydrogens is 277 g/mol. The van der Waals surface area contributed by atoms with Crippen molar-refractivity contribution in [2.75, 3.05) is 6.54 Å². The van der Waals surface area contributed by atoms with Gasteiger partial charge in [0.1, 0.15) is 11.6 Å². The molecule has 0 heterocycles. The molecular formula is C15H20FNO4. The quantitative estimate of drug-likeness (QED) is 0.771. The molecule has 1 aromatic rings. The summed E-state index contributed by atoms with van der Waals surface area (Å²) in [5.41, 5.74) is 0. The lowest BCUT2D eigenvalue weighted by molar-refractivity contribution is -0.138. The van der Waals surface area contributed by atoms with Gasteiger partial charge in [-0.25, -0.2) is 4.39 Å². The number of hydrogen-bond acceptors (Lipinski definition) is 3. The van der Waals surface area contributed by atoms with Crippen LogP contribution in [0.1, 0.15) is 26.7 Å². The van der Waals surface area contributed by atoms with E-state index in [0.717, 1.165) is 0 Å². The van der Waals surface area contributed by atoms with Crippen LogP contribution in [0.2, 0.25) is 0 Å². The predicted octanol–water partition coefficient (Wildman–Crippen LogP) is 2.21. The normalized spacial score (nSPS) is 13.3. The molecule has 0 fully saturated rings. The molecule has 21 heavy (non-hydrogen) atoms. The third kappa shape index (κ3) is 6.25. The Morgan fingerprint density at radius 1 is 1.43 bits per heavy atom. The summed E-state index contributed by atoms with van der Waals surface area (Å²) >= 11 is 0. The van der Waals surface area contributed by atoms with Gasteiger partial charge in [0, 0.05) is 19.0 Å². The minimum atomic E-state index is -0.889. The highest BCUT2D eigenvalue weighted by atomic mass is 19.1. The Kier molecular flexibility index (Phi) is 6.65. The minimum absolute atomic E-state index is 0.00984. The number of nitrogens with one attached hydrogen (secondary N) is 1. The highest BCUT2D eigenvalue weighted by Gasteiger charge is 2.17. The number of carbonyl (C=O) groups excluding carboxylic acids is 1. The maximum absolute atomic E-state index is 13.0. The molecule has 5 nitrogen and oxygen atoms in total. The fourth-order valence-electron chi connectivity index (χ4n) is 1.79. The lowest BCUT2D eigenvalue weighted by Gasteiger charge is -2.17. The second kappa shape index (κ2) is 8.24. The Morgan fingerprint density at radius 3 is 2.71 bits per heavy atom. The monoisotopic (exact) mass is 297 g/mol. The van der Waals surface area contributed by atoms with E-state index in [0.29, 0.717) is 6.42 Å². The molecule has 1 rings (SSSR count). The van der Waals surface area contributed by atoms with Gasteiger partial charge in [0.05, 0.1) is 0 Å². The molecule has 1 amide bonds. The number of amides is 1. The first kappa shape index (κ1) is 16.9. The zero-order chi connectivity index (χ0) is 15.8. The molecule has 2 N–H and O–H groups in total. The lowest BCUT2D eigenvalue weighted by Crippen LogP contribution is -2.39. The minimum Gasteiger partial charge on any atom is -0.481 e. The SMILES string of the molecule is CCC(CNC(=O)C(C)Oc1cccc(F)c1)CC(=O)O. The van der Waals surface area contributed by atoms with Crippen molar-refractivity contribution in [3.63, 3.8) is 0 Å². The van der Waals surface area contributed by atoms with Crippen LogP contribution in [0.25, 0.3) is 0 Å². The average Bonchev–Trinajstić information content (AvgIpc) is 2.42. The van der Waals surface area contributed by atoms with Crippen LogP contribution in [0, 0.1) is 11.7 Å². The summed E-state index contributed by atoms with van der Waals surface area (Å²) < 4.78 is 18.3. The zero-order valence-electron chi connectivity index (χ0n) is 12.1. The highest BCUT2D eigenvalue weighted by molar-refractivity contribution is 5.80. The van der Waals surface area contributed by atoms with Crippen molar-refractivity contribution in [1.82, 2.24) is 5.32 Å². The van der Waals surface area contributed by atoms with Crippen LogP contribution < -0.4 is 10.1 Å². The smallest absolute Gasteiger partial charge is 0.303 e. The van der Waals surface area contributed by atoms with Gasteiger partial charge in [-0.15, -0.1) is 0 Å². The molecule has 6 heteroatoms. The second-order valence-electron chi connectivity index (χ2n) is 4.83. The van der Waals surface area contributed by atoms with Crippen molar-refractivity contribution >= 4 is 11.9 Å². The molecule has 2 unspecified atom stereocenters. The Hall–Kier alpha value is -2.11. The third-order valence-corrected chi connectivity index (χ3v) is 3.08. The van der Waals surface area contributed by atoms with E-state index in [-0.39, 0.29) is 30.5 Å². The number of halogens is 1. The lowest BCUT2D eigenvalue weighted by atomic mass is 10.0. The Balaban J connectivity index is 2.45. The number of aliphatic carboxylic acids is 1. The standard InChI is InChI=1S/C15H20FNO4/c1-3-11(7-14(18)19)9-17-15(20)10(2)21-13-6-4-5-12(16)8-13/h4-6,8,10-11H,3,7,9H2,1-2H3,(H,17,20)(H,18,19). The van der Waals surface area contributed by atoms with Gasteiger partial charge in [0.15, 0.2) is 6.10 Å². The van der Waals surface area contributed by atoms with Crippen molar-refractivity contribution in [2.45, 2.75) is 32.8 Å². The molecule has 0 aromatic heterocycles. The Bertz CT molecular complexity index is 492. The first-order chi connectivity index (χ1) is 9.92. The van der Waals surface area contributed by atoms with Crippen molar-refractivity contribution in [1.29, 1.82) is 0 Å². The molecule has 116 valence electrons. The molecule has 0 radical (unpaired) electrons. The van der Waals surface area contributed by atoms with Crippen LogP contribution in [-0.2, 0) is 9.59 Å². The molecule has 0 saturated heterocycles. The number of carboxylic acid groups (broad SMARTS) is 1. The molecule has 1 aromatic carbocycles. The van der Waals surface area contributed by atoms with Crippen molar-refractivity contribution in [3.05, 3.63) is 30.1 Å². The summed E-state index contributed by atoms with van der Waals surface area (Å²) in [4.78, 5) is 22.5. The van der Waals surface area contributed by atoms with Crippen LogP contribution in [0.5, 0.6) is 5.75 Å². The fourth-order valence-corrected chi connectivity index (χ4v) is 1.79. The van der Waals surface area contributed by atoms with E-state index in [1.165, 1.54) is 18.2 Å². The molecule has 0 aliphatic rings. The molecule has 0 saturated carbocycles. The molecule has 0 spiro atoms. The first-order valence-electron chi connectivity index (χ1n) is 6.84. The summed E-state index contributed by atoms with van der Waals surface area (Å²) in [6.45, 7) is 3.70.